The summed E-state index contributed by atoms with van der Waals surface area (Å²) in [7, 11) is 0. The summed E-state index contributed by atoms with van der Waals surface area (Å²) in [5.74, 6) is 0.732. The number of hydrogen-bond donors (Lipinski definition) is 0. The van der Waals surface area contributed by atoms with Crippen LogP contribution in [0.25, 0.3) is 6.08 Å². The van der Waals surface area contributed by atoms with Gasteiger partial charge in [0.05, 0.1) is 6.67 Å². The van der Waals surface area contributed by atoms with Crippen LogP contribution in [0.15, 0.2) is 29.3 Å². The first kappa shape index (κ1) is 10.5. The van der Waals surface area contributed by atoms with E-state index in [1.165, 1.54) is 0 Å². The summed E-state index contributed by atoms with van der Waals surface area (Å²) in [6, 6.07) is 5.73. The van der Waals surface area contributed by atoms with Crippen LogP contribution in [0.4, 0.5) is 4.39 Å². The van der Waals surface area contributed by atoms with Crippen molar-refractivity contribution in [1.29, 1.82) is 0 Å². The van der Waals surface area contributed by atoms with E-state index in [9.17, 15) is 4.39 Å². The summed E-state index contributed by atoms with van der Waals surface area (Å²) in [6.07, 6.45) is 1.75. The minimum Gasteiger partial charge on any atom is -0.250 e. The van der Waals surface area contributed by atoms with Crippen molar-refractivity contribution in [3.05, 3.63) is 46.3 Å². The number of benzene rings is 1. The number of alkyl halides is 1. The topological polar surface area (TPSA) is 0 Å². The third kappa shape index (κ3) is 2.19. The molecule has 13 heavy (non-hydrogen) atoms. The van der Waals surface area contributed by atoms with E-state index in [-0.39, 0.29) is 0 Å². The Morgan fingerprint density at radius 2 is 2.31 bits per heavy atom. The van der Waals surface area contributed by atoms with Crippen LogP contribution in [0.5, 0.6) is 0 Å². The third-order valence-corrected chi connectivity index (χ3v) is 2.79. The van der Waals surface area contributed by atoms with Crippen LogP contribution in [0.2, 0.25) is 0 Å². The predicted molar refractivity (Wildman–Crippen MR) is 58.2 cm³/mol. The molecule has 0 nitrogen and oxygen atoms in total. The van der Waals surface area contributed by atoms with E-state index >= 15 is 0 Å². The van der Waals surface area contributed by atoms with Gasteiger partial charge in [0.1, 0.15) is 0 Å². The highest BCUT2D eigenvalue weighted by Gasteiger charge is 2.10. The molecular formula is C11H11BrF. The van der Waals surface area contributed by atoms with Gasteiger partial charge in [-0.05, 0) is 27.1 Å². The average molecular weight is 242 g/mol. The van der Waals surface area contributed by atoms with Crippen molar-refractivity contribution in [2.45, 2.75) is 6.92 Å². The first-order chi connectivity index (χ1) is 6.20. The van der Waals surface area contributed by atoms with Gasteiger partial charge in [-0.1, -0.05) is 37.8 Å². The highest BCUT2D eigenvalue weighted by atomic mass is 79.9. The Morgan fingerprint density at radius 3 is 2.85 bits per heavy atom. The molecule has 0 spiro atoms. The molecule has 69 valence electrons. The van der Waals surface area contributed by atoms with Gasteiger partial charge in [-0.15, -0.1) is 0 Å². The molecule has 1 rings (SSSR count). The van der Waals surface area contributed by atoms with Crippen molar-refractivity contribution in [2.24, 2.45) is 0 Å². The second-order valence-electron chi connectivity index (χ2n) is 2.83. The Kier molecular flexibility index (Phi) is 3.67. The molecule has 0 amide bonds. The molecule has 0 unspecified atom stereocenters. The number of halogens is 2. The molecule has 0 heterocycles. The minimum atomic E-state index is -0.417. The van der Waals surface area contributed by atoms with Gasteiger partial charge < -0.3 is 0 Å². The minimum absolute atomic E-state index is 0.417. The molecule has 0 N–H and O–H groups in total. The molecule has 0 aliphatic heterocycles. The summed E-state index contributed by atoms with van der Waals surface area (Å²) in [5, 5.41) is 0. The van der Waals surface area contributed by atoms with Crippen LogP contribution in [0.3, 0.4) is 0 Å². The average Bonchev–Trinajstić information content (AvgIpc) is 2.17. The van der Waals surface area contributed by atoms with Crippen molar-refractivity contribution in [3.8, 4) is 0 Å². The lowest BCUT2D eigenvalue weighted by Gasteiger charge is -2.10. The molecule has 0 fully saturated rings. The molecule has 1 radical (unpaired) electrons. The van der Waals surface area contributed by atoms with Crippen molar-refractivity contribution >= 4 is 22.0 Å². The van der Waals surface area contributed by atoms with Gasteiger partial charge >= 0.3 is 0 Å². The molecule has 2 heteroatoms. The van der Waals surface area contributed by atoms with Crippen molar-refractivity contribution in [3.63, 3.8) is 0 Å². The molecule has 1 aromatic rings. The lowest BCUT2D eigenvalue weighted by atomic mass is 10.0. The van der Waals surface area contributed by atoms with Crippen LogP contribution in [0, 0.1) is 5.92 Å². The van der Waals surface area contributed by atoms with Gasteiger partial charge in [0.2, 0.25) is 0 Å². The molecule has 0 saturated heterocycles. The van der Waals surface area contributed by atoms with Crippen LogP contribution >= 0.6 is 15.9 Å². The Morgan fingerprint density at radius 1 is 1.62 bits per heavy atom. The second-order valence-corrected chi connectivity index (χ2v) is 3.62. The summed E-state index contributed by atoms with van der Waals surface area (Å²) < 4.78 is 13.3. The Balaban J connectivity index is 3.15. The van der Waals surface area contributed by atoms with E-state index in [0.29, 0.717) is 0 Å². The monoisotopic (exact) mass is 241 g/mol. The summed E-state index contributed by atoms with van der Waals surface area (Å²) in [5.41, 5.74) is 1.91. The van der Waals surface area contributed by atoms with Crippen molar-refractivity contribution in [1.82, 2.24) is 0 Å². The zero-order valence-electron chi connectivity index (χ0n) is 7.48. The molecular weight excluding hydrogens is 231 g/mol. The quantitative estimate of drug-likeness (QED) is 0.751. The smallest absolute Gasteiger partial charge is 0.0998 e. The lowest BCUT2D eigenvalue weighted by molar-refractivity contribution is 0.515. The Bertz CT molecular complexity index is 307. The third-order valence-electron chi connectivity index (χ3n) is 1.91. The highest BCUT2D eigenvalue weighted by molar-refractivity contribution is 9.10. The van der Waals surface area contributed by atoms with Crippen molar-refractivity contribution < 1.29 is 4.39 Å². The maximum absolute atomic E-state index is 12.4. The van der Waals surface area contributed by atoms with Crippen LogP contribution in [-0.4, -0.2) is 6.67 Å². The Labute approximate surface area is 86.6 Å². The SMILES string of the molecule is C=Cc1cccc([C](C)CF)c1Br. The van der Waals surface area contributed by atoms with Gasteiger partial charge in [-0.2, -0.15) is 0 Å². The van der Waals surface area contributed by atoms with E-state index in [2.05, 4.69) is 22.5 Å². The number of hydrogen-bond acceptors (Lipinski definition) is 0. The van der Waals surface area contributed by atoms with E-state index in [1.807, 2.05) is 18.2 Å². The summed E-state index contributed by atoms with van der Waals surface area (Å²) in [6.45, 7) is 5.05. The fraction of sp³-hybridized carbons (Fsp3) is 0.182. The Hall–Kier alpha value is -0.630. The molecule has 0 aliphatic carbocycles. The zero-order chi connectivity index (χ0) is 9.84. The largest absolute Gasteiger partial charge is 0.250 e. The van der Waals surface area contributed by atoms with Gasteiger partial charge in [-0.25, -0.2) is 0 Å². The summed E-state index contributed by atoms with van der Waals surface area (Å²) in [4.78, 5) is 0. The van der Waals surface area contributed by atoms with Crippen LogP contribution in [0.1, 0.15) is 18.1 Å². The van der Waals surface area contributed by atoms with Crippen LogP contribution < -0.4 is 0 Å². The summed E-state index contributed by atoms with van der Waals surface area (Å²) >= 11 is 3.42. The zero-order valence-corrected chi connectivity index (χ0v) is 9.07. The highest BCUT2D eigenvalue weighted by Crippen LogP contribution is 2.28. The fourth-order valence-corrected chi connectivity index (χ4v) is 1.87. The van der Waals surface area contributed by atoms with Gasteiger partial charge in [0, 0.05) is 10.4 Å². The van der Waals surface area contributed by atoms with Gasteiger partial charge in [0.25, 0.3) is 0 Å². The van der Waals surface area contributed by atoms with E-state index in [0.717, 1.165) is 21.5 Å². The lowest BCUT2D eigenvalue weighted by Crippen LogP contribution is -1.98. The standard InChI is InChI=1S/C11H11BrF/c1-3-9-5-4-6-10(11(9)12)8(2)7-13/h3-6H,1,7H2,2H3. The van der Waals surface area contributed by atoms with E-state index in [1.54, 1.807) is 13.0 Å². The van der Waals surface area contributed by atoms with Crippen LogP contribution in [-0.2, 0) is 0 Å². The molecule has 1 aromatic carbocycles. The second kappa shape index (κ2) is 4.56. The maximum atomic E-state index is 12.4. The van der Waals surface area contributed by atoms with E-state index in [4.69, 9.17) is 0 Å². The van der Waals surface area contributed by atoms with Crippen molar-refractivity contribution in [2.75, 3.05) is 6.67 Å². The fourth-order valence-electron chi connectivity index (χ4n) is 1.11. The molecule has 0 aliphatic rings. The van der Waals surface area contributed by atoms with Gasteiger partial charge in [0.15, 0.2) is 0 Å². The molecule has 0 saturated carbocycles. The first-order valence-corrected chi connectivity index (χ1v) is 4.79. The predicted octanol–water partition coefficient (Wildman–Crippen LogP) is 4.00. The normalized spacial score (nSPS) is 10.5. The van der Waals surface area contributed by atoms with Gasteiger partial charge in [-0.3, -0.25) is 4.39 Å². The maximum Gasteiger partial charge on any atom is 0.0998 e. The molecule has 0 bridgehead atoms. The molecule has 0 atom stereocenters. The van der Waals surface area contributed by atoms with E-state index < -0.39 is 6.67 Å². The number of rotatable bonds is 3. The first-order valence-electron chi connectivity index (χ1n) is 4.00. The molecule has 0 aromatic heterocycles.